The Kier molecular flexibility index (Phi) is 6.32. The minimum absolute atomic E-state index is 0.210. The van der Waals surface area contributed by atoms with Gasteiger partial charge in [0.05, 0.1) is 5.69 Å². The Hall–Kier alpha value is -2.99. The molecule has 1 aliphatic rings. The summed E-state index contributed by atoms with van der Waals surface area (Å²) in [5.74, 6) is 0.370. The number of nitrogens with zero attached hydrogens (tertiary/aromatic N) is 2. The molecule has 0 unspecified atom stereocenters. The molecule has 0 saturated carbocycles. The zero-order chi connectivity index (χ0) is 19.9. The van der Waals surface area contributed by atoms with Crippen LogP contribution in [0, 0.1) is 5.82 Å². The summed E-state index contributed by atoms with van der Waals surface area (Å²) in [4.78, 5) is 8.96. The van der Waals surface area contributed by atoms with Crippen molar-refractivity contribution >= 4 is 11.6 Å². The first kappa shape index (κ1) is 19.3. The summed E-state index contributed by atoms with van der Waals surface area (Å²) in [5.41, 5.74) is 4.00. The molecule has 1 aromatic heterocycles. The molecule has 1 saturated heterocycles. The van der Waals surface area contributed by atoms with E-state index in [4.69, 9.17) is 0 Å². The van der Waals surface area contributed by atoms with E-state index in [1.54, 1.807) is 18.3 Å². The number of nitrogens with one attached hydrogen (secondary N) is 3. The van der Waals surface area contributed by atoms with E-state index in [1.165, 1.54) is 6.07 Å². The Morgan fingerprint density at radius 3 is 2.76 bits per heavy atom. The van der Waals surface area contributed by atoms with E-state index in [2.05, 4.69) is 50.2 Å². The van der Waals surface area contributed by atoms with Crippen molar-refractivity contribution in [3.63, 3.8) is 0 Å². The Morgan fingerprint density at radius 1 is 1.03 bits per heavy atom. The van der Waals surface area contributed by atoms with Crippen molar-refractivity contribution in [3.05, 3.63) is 72.2 Å². The first-order chi connectivity index (χ1) is 14.3. The maximum absolute atomic E-state index is 13.3. The quantitative estimate of drug-likeness (QED) is 0.566. The Balaban J connectivity index is 1.39. The third-order valence-corrected chi connectivity index (χ3v) is 5.11. The van der Waals surface area contributed by atoms with E-state index < -0.39 is 0 Å². The van der Waals surface area contributed by atoms with Crippen LogP contribution in [0.5, 0.6) is 0 Å². The summed E-state index contributed by atoms with van der Waals surface area (Å²) >= 11 is 0. The zero-order valence-electron chi connectivity index (χ0n) is 16.4. The average molecular weight is 391 g/mol. The first-order valence-corrected chi connectivity index (χ1v) is 10.2. The van der Waals surface area contributed by atoms with Crippen LogP contribution in [0.4, 0.5) is 16.0 Å². The van der Waals surface area contributed by atoms with Gasteiger partial charge in [-0.1, -0.05) is 24.3 Å². The first-order valence-electron chi connectivity index (χ1n) is 10.2. The maximum atomic E-state index is 13.3. The molecule has 3 aromatic rings. The second-order valence-electron chi connectivity index (χ2n) is 7.32. The molecule has 0 amide bonds. The zero-order valence-corrected chi connectivity index (χ0v) is 16.4. The topological polar surface area (TPSA) is 61.9 Å². The Morgan fingerprint density at radius 2 is 1.90 bits per heavy atom. The highest BCUT2D eigenvalue weighted by Crippen LogP contribution is 2.23. The van der Waals surface area contributed by atoms with Crippen LogP contribution in [0.1, 0.15) is 18.4 Å². The van der Waals surface area contributed by atoms with Crippen molar-refractivity contribution in [2.45, 2.75) is 25.3 Å². The largest absolute Gasteiger partial charge is 0.382 e. The van der Waals surface area contributed by atoms with Crippen molar-refractivity contribution in [1.29, 1.82) is 0 Å². The van der Waals surface area contributed by atoms with E-state index in [9.17, 15) is 4.39 Å². The highest BCUT2D eigenvalue weighted by molar-refractivity contribution is 5.65. The maximum Gasteiger partial charge on any atom is 0.223 e. The molecule has 1 aliphatic heterocycles. The molecule has 0 spiro atoms. The number of hydrogen-bond acceptors (Lipinski definition) is 5. The molecule has 4 rings (SSSR count). The van der Waals surface area contributed by atoms with Gasteiger partial charge in [-0.3, -0.25) is 0 Å². The Labute approximate surface area is 170 Å². The van der Waals surface area contributed by atoms with Crippen LogP contribution in [0.15, 0.2) is 60.8 Å². The van der Waals surface area contributed by atoms with Gasteiger partial charge in [0.1, 0.15) is 5.82 Å². The van der Waals surface area contributed by atoms with Crippen molar-refractivity contribution in [3.8, 4) is 11.3 Å². The number of piperidine rings is 1. The Bertz CT molecular complexity index is 940. The molecule has 0 bridgehead atoms. The van der Waals surface area contributed by atoms with Crippen LogP contribution in [0.3, 0.4) is 0 Å². The molecule has 1 fully saturated rings. The van der Waals surface area contributed by atoms with Crippen LogP contribution < -0.4 is 16.0 Å². The number of rotatable bonds is 7. The molecular weight excluding hydrogens is 365 g/mol. The van der Waals surface area contributed by atoms with Crippen LogP contribution >= 0.6 is 0 Å². The second kappa shape index (κ2) is 9.47. The van der Waals surface area contributed by atoms with Gasteiger partial charge in [-0.2, -0.15) is 0 Å². The average Bonchev–Trinajstić information content (AvgIpc) is 2.75. The summed E-state index contributed by atoms with van der Waals surface area (Å²) in [5, 5.41) is 10.3. The van der Waals surface area contributed by atoms with E-state index in [1.807, 2.05) is 12.1 Å². The van der Waals surface area contributed by atoms with Crippen LogP contribution in [0.2, 0.25) is 0 Å². The van der Waals surface area contributed by atoms with Gasteiger partial charge in [0.2, 0.25) is 5.95 Å². The summed E-state index contributed by atoms with van der Waals surface area (Å²) < 4.78 is 13.3. The molecule has 2 aromatic carbocycles. The lowest BCUT2D eigenvalue weighted by Crippen LogP contribution is -2.35. The molecule has 0 radical (unpaired) electrons. The van der Waals surface area contributed by atoms with Crippen molar-refractivity contribution in [2.75, 3.05) is 30.3 Å². The van der Waals surface area contributed by atoms with Crippen LogP contribution in [-0.2, 0) is 6.42 Å². The molecule has 6 heteroatoms. The summed E-state index contributed by atoms with van der Waals surface area (Å²) in [6, 6.07) is 17.4. The molecule has 0 atom stereocenters. The molecular formula is C23H26FN5. The van der Waals surface area contributed by atoms with Gasteiger partial charge >= 0.3 is 0 Å². The lowest BCUT2D eigenvalue weighted by Gasteiger charge is -2.24. The fraction of sp³-hybridized carbons (Fsp3) is 0.304. The lowest BCUT2D eigenvalue weighted by atomic mass is 10.1. The standard InChI is InChI=1S/C23H26FN5/c24-19-5-1-3-17(15-19)7-13-26-23-27-14-10-22(29-23)18-4-2-6-21(16-18)28-20-8-11-25-12-9-20/h1-6,10,14-16,20,25,28H,7-9,11-13H2,(H,26,27,29). The molecule has 29 heavy (non-hydrogen) atoms. The summed E-state index contributed by atoms with van der Waals surface area (Å²) in [6.45, 7) is 2.77. The molecule has 3 N–H and O–H groups in total. The van der Waals surface area contributed by atoms with E-state index in [0.717, 1.165) is 48.4 Å². The predicted octanol–water partition coefficient (Wildman–Crippen LogP) is 4.10. The van der Waals surface area contributed by atoms with Crippen molar-refractivity contribution in [2.24, 2.45) is 0 Å². The van der Waals surface area contributed by atoms with Gasteiger partial charge in [0.15, 0.2) is 0 Å². The normalized spacial score (nSPS) is 14.5. The number of halogens is 1. The van der Waals surface area contributed by atoms with E-state index in [-0.39, 0.29) is 5.82 Å². The number of aromatic nitrogens is 2. The third-order valence-electron chi connectivity index (χ3n) is 5.11. The monoisotopic (exact) mass is 391 g/mol. The van der Waals surface area contributed by atoms with Crippen LogP contribution in [0.25, 0.3) is 11.3 Å². The summed E-state index contributed by atoms with van der Waals surface area (Å²) in [6.07, 6.45) is 4.75. The molecule has 150 valence electrons. The van der Waals surface area contributed by atoms with Gasteiger partial charge in [0, 0.05) is 30.0 Å². The minimum Gasteiger partial charge on any atom is -0.382 e. The number of hydrogen-bond donors (Lipinski definition) is 3. The smallest absolute Gasteiger partial charge is 0.223 e. The predicted molar refractivity (Wildman–Crippen MR) is 116 cm³/mol. The van der Waals surface area contributed by atoms with Crippen molar-refractivity contribution < 1.29 is 4.39 Å². The van der Waals surface area contributed by atoms with Crippen molar-refractivity contribution in [1.82, 2.24) is 15.3 Å². The van der Waals surface area contributed by atoms with E-state index >= 15 is 0 Å². The number of benzene rings is 2. The van der Waals surface area contributed by atoms with Gasteiger partial charge in [-0.15, -0.1) is 0 Å². The number of anilines is 2. The highest BCUT2D eigenvalue weighted by atomic mass is 19.1. The van der Waals surface area contributed by atoms with E-state index in [0.29, 0.717) is 25.0 Å². The van der Waals surface area contributed by atoms with Gasteiger partial charge in [-0.05, 0) is 68.2 Å². The fourth-order valence-electron chi connectivity index (χ4n) is 3.59. The van der Waals surface area contributed by atoms with Gasteiger partial charge in [-0.25, -0.2) is 14.4 Å². The molecule has 2 heterocycles. The lowest BCUT2D eigenvalue weighted by molar-refractivity contribution is 0.479. The summed E-state index contributed by atoms with van der Waals surface area (Å²) in [7, 11) is 0. The second-order valence-corrected chi connectivity index (χ2v) is 7.32. The van der Waals surface area contributed by atoms with Gasteiger partial charge in [0.25, 0.3) is 0 Å². The molecule has 0 aliphatic carbocycles. The van der Waals surface area contributed by atoms with Crippen LogP contribution in [-0.4, -0.2) is 35.6 Å². The minimum atomic E-state index is -0.210. The molecule has 5 nitrogen and oxygen atoms in total. The SMILES string of the molecule is Fc1cccc(CCNc2nccc(-c3cccc(NC4CCNCC4)c3)n2)c1. The fourth-order valence-corrected chi connectivity index (χ4v) is 3.59. The highest BCUT2D eigenvalue weighted by Gasteiger charge is 2.12. The third kappa shape index (κ3) is 5.51. The van der Waals surface area contributed by atoms with Gasteiger partial charge < -0.3 is 16.0 Å².